The van der Waals surface area contributed by atoms with E-state index in [1.807, 2.05) is 35.0 Å². The predicted molar refractivity (Wildman–Crippen MR) is 62.9 cm³/mol. The second-order valence-electron chi connectivity index (χ2n) is 3.47. The Morgan fingerprint density at radius 1 is 1.25 bits per heavy atom. The number of aromatic nitrogens is 2. The Hall–Kier alpha value is -2.16. The largest absolute Gasteiger partial charge is 0.333 e. The van der Waals surface area contributed by atoms with Crippen LogP contribution in [-0.4, -0.2) is 15.8 Å². The van der Waals surface area contributed by atoms with E-state index in [1.54, 1.807) is 18.6 Å². The van der Waals surface area contributed by atoms with E-state index < -0.39 is 0 Å². The number of hydrogen-bond acceptors (Lipinski definition) is 2. The number of imidazole rings is 1. The van der Waals surface area contributed by atoms with Crippen molar-refractivity contribution in [3.8, 4) is 0 Å². The first-order chi connectivity index (χ1) is 7.88. The highest BCUT2D eigenvalue weighted by Crippen LogP contribution is 2.07. The minimum absolute atomic E-state index is 0.777. The van der Waals surface area contributed by atoms with Crippen molar-refractivity contribution in [2.75, 3.05) is 0 Å². The van der Waals surface area contributed by atoms with Crippen LogP contribution in [0.25, 0.3) is 6.08 Å². The summed E-state index contributed by atoms with van der Waals surface area (Å²) in [6.45, 7) is 0.817. The van der Waals surface area contributed by atoms with Gasteiger partial charge in [-0.2, -0.15) is 0 Å². The van der Waals surface area contributed by atoms with Gasteiger partial charge in [0.05, 0.1) is 6.33 Å². The molecule has 0 radical (unpaired) electrons. The van der Waals surface area contributed by atoms with E-state index in [-0.39, 0.29) is 0 Å². The van der Waals surface area contributed by atoms with Crippen molar-refractivity contribution in [2.24, 2.45) is 0 Å². The minimum Gasteiger partial charge on any atom is -0.333 e. The Kier molecular flexibility index (Phi) is 3.28. The minimum atomic E-state index is 0.777. The summed E-state index contributed by atoms with van der Waals surface area (Å²) in [5.74, 6) is 0. The zero-order chi connectivity index (χ0) is 11.2. The molecule has 0 aliphatic carbocycles. The van der Waals surface area contributed by atoms with E-state index in [2.05, 4.69) is 4.98 Å². The predicted octanol–water partition coefficient (Wildman–Crippen LogP) is 2.14. The maximum absolute atomic E-state index is 10.2. The van der Waals surface area contributed by atoms with Gasteiger partial charge in [0.25, 0.3) is 0 Å². The summed E-state index contributed by atoms with van der Waals surface area (Å²) in [6.07, 6.45) is 9.54. The molecule has 1 aromatic carbocycles. The summed E-state index contributed by atoms with van der Waals surface area (Å²) >= 11 is 0. The molecule has 1 aromatic heterocycles. The summed E-state index contributed by atoms with van der Waals surface area (Å²) in [4.78, 5) is 14.1. The first-order valence-electron chi connectivity index (χ1n) is 5.05. The van der Waals surface area contributed by atoms with E-state index >= 15 is 0 Å². The summed E-state index contributed by atoms with van der Waals surface area (Å²) in [6, 6.07) is 8.08. The Balaban J connectivity index is 2.07. The molecule has 0 unspecified atom stereocenters. The van der Waals surface area contributed by atoms with Gasteiger partial charge in [-0.05, 0) is 17.2 Å². The van der Waals surface area contributed by atoms with Gasteiger partial charge in [-0.15, -0.1) is 0 Å². The Labute approximate surface area is 94.1 Å². The lowest BCUT2D eigenvalue weighted by Gasteiger charge is -2.02. The number of hydrogen-bond donors (Lipinski definition) is 0. The van der Waals surface area contributed by atoms with Crippen molar-refractivity contribution < 1.29 is 4.79 Å². The molecule has 0 saturated carbocycles. The molecule has 0 aliphatic heterocycles. The lowest BCUT2D eigenvalue weighted by Crippen LogP contribution is -1.95. The second-order valence-corrected chi connectivity index (χ2v) is 3.47. The van der Waals surface area contributed by atoms with Crippen LogP contribution in [-0.2, 0) is 11.3 Å². The standard InChI is InChI=1S/C13H12N2O/c16-9-1-2-12-3-5-13(6-4-12)10-15-8-7-14-11-15/h1-9,11H,10H2. The van der Waals surface area contributed by atoms with Gasteiger partial charge < -0.3 is 4.57 Å². The molecule has 0 N–H and O–H groups in total. The first kappa shape index (κ1) is 10.4. The van der Waals surface area contributed by atoms with Crippen molar-refractivity contribution in [2.45, 2.75) is 6.54 Å². The maximum Gasteiger partial charge on any atom is 0.142 e. The smallest absolute Gasteiger partial charge is 0.142 e. The zero-order valence-electron chi connectivity index (χ0n) is 8.78. The fourth-order valence-corrected chi connectivity index (χ4v) is 1.48. The van der Waals surface area contributed by atoms with Gasteiger partial charge >= 0.3 is 0 Å². The molecule has 0 amide bonds. The molecule has 0 saturated heterocycles. The summed E-state index contributed by atoms with van der Waals surface area (Å²) < 4.78 is 2.01. The lowest BCUT2D eigenvalue weighted by atomic mass is 10.1. The highest BCUT2D eigenvalue weighted by atomic mass is 16.1. The molecular weight excluding hydrogens is 200 g/mol. The number of nitrogens with zero attached hydrogens (tertiary/aromatic N) is 2. The topological polar surface area (TPSA) is 34.9 Å². The average molecular weight is 212 g/mol. The van der Waals surface area contributed by atoms with Crippen LogP contribution >= 0.6 is 0 Å². The van der Waals surface area contributed by atoms with Crippen LogP contribution in [0.4, 0.5) is 0 Å². The number of rotatable bonds is 4. The molecule has 2 rings (SSSR count). The molecule has 16 heavy (non-hydrogen) atoms. The van der Waals surface area contributed by atoms with Crippen LogP contribution in [0.1, 0.15) is 11.1 Å². The average Bonchev–Trinajstić information content (AvgIpc) is 2.81. The normalized spacial score (nSPS) is 10.8. The molecule has 0 spiro atoms. The fourth-order valence-electron chi connectivity index (χ4n) is 1.48. The van der Waals surface area contributed by atoms with Gasteiger partial charge in [0.1, 0.15) is 6.29 Å². The second kappa shape index (κ2) is 5.07. The Morgan fingerprint density at radius 3 is 2.69 bits per heavy atom. The number of carbonyl (C=O) groups excluding carboxylic acids is 1. The Morgan fingerprint density at radius 2 is 2.06 bits per heavy atom. The van der Waals surface area contributed by atoms with Crippen molar-refractivity contribution in [3.05, 3.63) is 60.2 Å². The van der Waals surface area contributed by atoms with Crippen LogP contribution < -0.4 is 0 Å². The molecule has 3 heteroatoms. The third kappa shape index (κ3) is 2.67. The van der Waals surface area contributed by atoms with E-state index in [9.17, 15) is 4.79 Å². The third-order valence-electron chi connectivity index (χ3n) is 2.27. The van der Waals surface area contributed by atoms with Gasteiger partial charge in [0.15, 0.2) is 0 Å². The van der Waals surface area contributed by atoms with Crippen molar-refractivity contribution in [1.82, 2.24) is 9.55 Å². The van der Waals surface area contributed by atoms with Crippen molar-refractivity contribution in [1.29, 1.82) is 0 Å². The first-order valence-corrected chi connectivity index (χ1v) is 5.05. The van der Waals surface area contributed by atoms with E-state index in [4.69, 9.17) is 0 Å². The van der Waals surface area contributed by atoms with Gasteiger partial charge in [0, 0.05) is 18.9 Å². The van der Waals surface area contributed by atoms with Crippen LogP contribution in [0.3, 0.4) is 0 Å². The van der Waals surface area contributed by atoms with Crippen LogP contribution in [0.15, 0.2) is 49.1 Å². The molecule has 0 aliphatic rings. The molecule has 3 nitrogen and oxygen atoms in total. The molecule has 2 aromatic rings. The summed E-state index contributed by atoms with van der Waals surface area (Å²) in [7, 11) is 0. The summed E-state index contributed by atoms with van der Waals surface area (Å²) in [5.41, 5.74) is 2.24. The van der Waals surface area contributed by atoms with Gasteiger partial charge in [-0.25, -0.2) is 4.98 Å². The SMILES string of the molecule is O=CC=Cc1ccc(Cn2ccnc2)cc1. The fraction of sp³-hybridized carbons (Fsp3) is 0.0769. The third-order valence-corrected chi connectivity index (χ3v) is 2.27. The molecule has 0 atom stereocenters. The molecular formula is C13H12N2O. The van der Waals surface area contributed by atoms with Gasteiger partial charge in [-0.1, -0.05) is 30.3 Å². The highest BCUT2D eigenvalue weighted by Gasteiger charge is 1.94. The summed E-state index contributed by atoms with van der Waals surface area (Å²) in [5, 5.41) is 0. The van der Waals surface area contributed by atoms with Gasteiger partial charge in [0.2, 0.25) is 0 Å². The quantitative estimate of drug-likeness (QED) is 0.575. The number of benzene rings is 1. The van der Waals surface area contributed by atoms with Crippen LogP contribution in [0, 0.1) is 0 Å². The number of carbonyl (C=O) groups is 1. The maximum atomic E-state index is 10.2. The highest BCUT2D eigenvalue weighted by molar-refractivity contribution is 5.73. The van der Waals surface area contributed by atoms with Gasteiger partial charge in [-0.3, -0.25) is 4.79 Å². The monoisotopic (exact) mass is 212 g/mol. The van der Waals surface area contributed by atoms with Crippen molar-refractivity contribution >= 4 is 12.4 Å². The van der Waals surface area contributed by atoms with Crippen molar-refractivity contribution in [3.63, 3.8) is 0 Å². The van der Waals surface area contributed by atoms with Crippen LogP contribution in [0.5, 0.6) is 0 Å². The van der Waals surface area contributed by atoms with E-state index in [1.165, 1.54) is 11.6 Å². The lowest BCUT2D eigenvalue weighted by molar-refractivity contribution is -0.104. The van der Waals surface area contributed by atoms with E-state index in [0.717, 1.165) is 18.4 Å². The van der Waals surface area contributed by atoms with E-state index in [0.29, 0.717) is 0 Å². The molecule has 80 valence electrons. The molecule has 0 fully saturated rings. The molecule has 1 heterocycles. The Bertz CT molecular complexity index is 469. The zero-order valence-corrected chi connectivity index (χ0v) is 8.78. The number of aldehydes is 1. The number of allylic oxidation sites excluding steroid dienone is 1. The molecule has 0 bridgehead atoms. The van der Waals surface area contributed by atoms with Crippen LogP contribution in [0.2, 0.25) is 0 Å².